The highest BCUT2D eigenvalue weighted by atomic mass is 79.9. The smallest absolute Gasteiger partial charge is 0.255 e. The van der Waals surface area contributed by atoms with Crippen LogP contribution in [0, 0.1) is 5.82 Å². The highest BCUT2D eigenvalue weighted by Gasteiger charge is 2.14. The van der Waals surface area contributed by atoms with Crippen LogP contribution >= 0.6 is 15.9 Å². The SMILES string of the molecule is O=C(Nc1ccccc1C(=O)NCc1ccc(F)cc1)c1cccc(Br)c1. The molecule has 0 heterocycles. The van der Waals surface area contributed by atoms with E-state index in [4.69, 9.17) is 0 Å². The van der Waals surface area contributed by atoms with E-state index < -0.39 is 0 Å². The normalized spacial score (nSPS) is 10.3. The quantitative estimate of drug-likeness (QED) is 0.617. The maximum atomic E-state index is 13.0. The largest absolute Gasteiger partial charge is 0.348 e. The Kier molecular flexibility index (Phi) is 5.98. The van der Waals surface area contributed by atoms with E-state index in [9.17, 15) is 14.0 Å². The van der Waals surface area contributed by atoms with Crippen LogP contribution < -0.4 is 10.6 Å². The Morgan fingerprint density at radius 1 is 0.889 bits per heavy atom. The third kappa shape index (κ3) is 5.01. The van der Waals surface area contributed by atoms with E-state index in [0.29, 0.717) is 16.8 Å². The zero-order valence-corrected chi connectivity index (χ0v) is 15.8. The van der Waals surface area contributed by atoms with Crippen molar-refractivity contribution in [3.8, 4) is 0 Å². The maximum Gasteiger partial charge on any atom is 0.255 e. The van der Waals surface area contributed by atoms with E-state index in [0.717, 1.165) is 10.0 Å². The second kappa shape index (κ2) is 8.60. The van der Waals surface area contributed by atoms with Gasteiger partial charge in [-0.3, -0.25) is 9.59 Å². The summed E-state index contributed by atoms with van der Waals surface area (Å²) in [4.78, 5) is 25.0. The van der Waals surface area contributed by atoms with Crippen LogP contribution in [0.2, 0.25) is 0 Å². The minimum Gasteiger partial charge on any atom is -0.348 e. The van der Waals surface area contributed by atoms with Crippen LogP contribution in [0.3, 0.4) is 0 Å². The second-order valence-corrected chi connectivity index (χ2v) is 6.73. The first kappa shape index (κ1) is 18.8. The number of halogens is 2. The molecule has 3 aromatic rings. The lowest BCUT2D eigenvalue weighted by Gasteiger charge is -2.12. The standard InChI is InChI=1S/C21H16BrFN2O2/c22-16-5-3-4-15(12-16)20(26)25-19-7-2-1-6-18(19)21(27)24-13-14-8-10-17(23)11-9-14/h1-12H,13H2,(H,24,27)(H,25,26). The van der Waals surface area contributed by atoms with Gasteiger partial charge in [0.25, 0.3) is 11.8 Å². The Balaban J connectivity index is 1.72. The first-order chi connectivity index (χ1) is 13.0. The number of benzene rings is 3. The van der Waals surface area contributed by atoms with Crippen molar-refractivity contribution < 1.29 is 14.0 Å². The third-order valence-electron chi connectivity index (χ3n) is 3.87. The van der Waals surface area contributed by atoms with Gasteiger partial charge in [0.05, 0.1) is 11.3 Å². The van der Waals surface area contributed by atoms with Gasteiger partial charge in [0, 0.05) is 16.6 Å². The molecule has 2 amide bonds. The highest BCUT2D eigenvalue weighted by molar-refractivity contribution is 9.10. The molecule has 2 N–H and O–H groups in total. The van der Waals surface area contributed by atoms with Crippen LogP contribution in [-0.2, 0) is 6.54 Å². The van der Waals surface area contributed by atoms with Crippen LogP contribution in [-0.4, -0.2) is 11.8 Å². The van der Waals surface area contributed by atoms with Gasteiger partial charge in [-0.25, -0.2) is 4.39 Å². The number of rotatable bonds is 5. The lowest BCUT2D eigenvalue weighted by atomic mass is 10.1. The molecule has 0 fully saturated rings. The molecule has 3 aromatic carbocycles. The van der Waals surface area contributed by atoms with Crippen LogP contribution in [0.1, 0.15) is 26.3 Å². The van der Waals surface area contributed by atoms with Gasteiger partial charge in [-0.05, 0) is 48.0 Å². The van der Waals surface area contributed by atoms with Crippen LogP contribution in [0.15, 0.2) is 77.3 Å². The van der Waals surface area contributed by atoms with E-state index >= 15 is 0 Å². The molecule has 0 saturated carbocycles. The molecule has 0 radical (unpaired) electrons. The predicted octanol–water partition coefficient (Wildman–Crippen LogP) is 4.77. The molecule has 136 valence electrons. The monoisotopic (exact) mass is 426 g/mol. The highest BCUT2D eigenvalue weighted by Crippen LogP contribution is 2.18. The van der Waals surface area contributed by atoms with E-state index in [1.807, 2.05) is 6.07 Å². The third-order valence-corrected chi connectivity index (χ3v) is 4.37. The molecular weight excluding hydrogens is 411 g/mol. The Labute approximate surface area is 164 Å². The second-order valence-electron chi connectivity index (χ2n) is 5.82. The van der Waals surface area contributed by atoms with E-state index in [2.05, 4.69) is 26.6 Å². The average molecular weight is 427 g/mol. The molecule has 0 atom stereocenters. The van der Waals surface area contributed by atoms with Crippen molar-refractivity contribution in [1.29, 1.82) is 0 Å². The van der Waals surface area contributed by atoms with Crippen molar-refractivity contribution in [3.63, 3.8) is 0 Å². The molecule has 0 aliphatic rings. The molecule has 3 rings (SSSR count). The minimum atomic E-state index is -0.329. The molecular formula is C21H16BrFN2O2. The zero-order valence-electron chi connectivity index (χ0n) is 14.2. The molecule has 0 aliphatic heterocycles. The first-order valence-corrected chi connectivity index (χ1v) is 9.01. The Hall–Kier alpha value is -2.99. The van der Waals surface area contributed by atoms with Crippen molar-refractivity contribution >= 4 is 33.4 Å². The maximum absolute atomic E-state index is 13.0. The molecule has 6 heteroatoms. The predicted molar refractivity (Wildman–Crippen MR) is 106 cm³/mol. The van der Waals surface area contributed by atoms with Gasteiger partial charge in [-0.15, -0.1) is 0 Å². The fourth-order valence-electron chi connectivity index (χ4n) is 2.49. The van der Waals surface area contributed by atoms with Gasteiger partial charge in [-0.1, -0.05) is 46.3 Å². The van der Waals surface area contributed by atoms with Crippen molar-refractivity contribution in [2.45, 2.75) is 6.54 Å². The summed E-state index contributed by atoms with van der Waals surface area (Å²) in [6, 6.07) is 19.7. The molecule has 0 aliphatic carbocycles. The van der Waals surface area contributed by atoms with Crippen molar-refractivity contribution in [1.82, 2.24) is 5.32 Å². The summed E-state index contributed by atoms with van der Waals surface area (Å²) >= 11 is 3.33. The van der Waals surface area contributed by atoms with Gasteiger partial charge in [-0.2, -0.15) is 0 Å². The summed E-state index contributed by atoms with van der Waals surface area (Å²) in [7, 11) is 0. The van der Waals surface area contributed by atoms with Crippen molar-refractivity contribution in [3.05, 3.63) is 99.8 Å². The summed E-state index contributed by atoms with van der Waals surface area (Å²) in [5.41, 5.74) is 2.02. The number of carbonyl (C=O) groups is 2. The first-order valence-electron chi connectivity index (χ1n) is 8.21. The number of nitrogens with one attached hydrogen (secondary N) is 2. The van der Waals surface area contributed by atoms with Gasteiger partial charge < -0.3 is 10.6 Å². The van der Waals surface area contributed by atoms with E-state index in [-0.39, 0.29) is 24.2 Å². The molecule has 4 nitrogen and oxygen atoms in total. The lowest BCUT2D eigenvalue weighted by molar-refractivity contribution is 0.0952. The molecule has 27 heavy (non-hydrogen) atoms. The number of hydrogen-bond donors (Lipinski definition) is 2. The van der Waals surface area contributed by atoms with Crippen molar-refractivity contribution in [2.24, 2.45) is 0 Å². The lowest BCUT2D eigenvalue weighted by Crippen LogP contribution is -2.24. The molecule has 0 saturated heterocycles. The van der Waals surface area contributed by atoms with Gasteiger partial charge in [0.1, 0.15) is 5.82 Å². The Morgan fingerprint density at radius 2 is 1.63 bits per heavy atom. The van der Waals surface area contributed by atoms with E-state index in [1.165, 1.54) is 12.1 Å². The summed E-state index contributed by atoms with van der Waals surface area (Å²) in [6.07, 6.45) is 0. The summed E-state index contributed by atoms with van der Waals surface area (Å²) < 4.78 is 13.8. The van der Waals surface area contributed by atoms with Crippen LogP contribution in [0.5, 0.6) is 0 Å². The molecule has 0 spiro atoms. The zero-order chi connectivity index (χ0) is 19.2. The fourth-order valence-corrected chi connectivity index (χ4v) is 2.89. The summed E-state index contributed by atoms with van der Waals surface area (Å²) in [5.74, 6) is -0.967. The van der Waals surface area contributed by atoms with E-state index in [1.54, 1.807) is 54.6 Å². The Morgan fingerprint density at radius 3 is 2.37 bits per heavy atom. The fraction of sp³-hybridized carbons (Fsp3) is 0.0476. The summed E-state index contributed by atoms with van der Waals surface area (Å²) in [5, 5.41) is 5.55. The topological polar surface area (TPSA) is 58.2 Å². The van der Waals surface area contributed by atoms with Gasteiger partial charge in [0.15, 0.2) is 0 Å². The average Bonchev–Trinajstić information content (AvgIpc) is 2.67. The number of para-hydroxylation sites is 1. The number of carbonyl (C=O) groups excluding carboxylic acids is 2. The van der Waals surface area contributed by atoms with Gasteiger partial charge in [0.2, 0.25) is 0 Å². The number of amides is 2. The Bertz CT molecular complexity index is 974. The van der Waals surface area contributed by atoms with Crippen molar-refractivity contribution in [2.75, 3.05) is 5.32 Å². The number of hydrogen-bond acceptors (Lipinski definition) is 2. The number of anilines is 1. The molecule has 0 aromatic heterocycles. The van der Waals surface area contributed by atoms with Crippen LogP contribution in [0.4, 0.5) is 10.1 Å². The molecule has 0 bridgehead atoms. The minimum absolute atomic E-state index is 0.257. The molecule has 0 unspecified atom stereocenters. The van der Waals surface area contributed by atoms with Gasteiger partial charge >= 0.3 is 0 Å². The van der Waals surface area contributed by atoms with Crippen LogP contribution in [0.25, 0.3) is 0 Å². The summed E-state index contributed by atoms with van der Waals surface area (Å²) in [6.45, 7) is 0.257.